The predicted molar refractivity (Wildman–Crippen MR) is 59.9 cm³/mol. The summed E-state index contributed by atoms with van der Waals surface area (Å²) in [7, 11) is 0. The summed E-state index contributed by atoms with van der Waals surface area (Å²) in [5.41, 5.74) is 0.808. The summed E-state index contributed by atoms with van der Waals surface area (Å²) in [6, 6.07) is 0. The third-order valence-corrected chi connectivity index (χ3v) is 3.87. The number of hydrogen-bond acceptors (Lipinski definition) is 0. The van der Waals surface area contributed by atoms with E-state index in [1.807, 2.05) is 0 Å². The molecular formula is C13H26. The van der Waals surface area contributed by atoms with Crippen LogP contribution < -0.4 is 0 Å². The van der Waals surface area contributed by atoms with E-state index in [-0.39, 0.29) is 0 Å². The van der Waals surface area contributed by atoms with Crippen LogP contribution in [0.2, 0.25) is 0 Å². The maximum atomic E-state index is 2.44. The number of unbranched alkanes of at least 4 members (excludes halogenated alkanes) is 3. The maximum absolute atomic E-state index is 2.44. The van der Waals surface area contributed by atoms with Gasteiger partial charge in [0, 0.05) is 0 Å². The fourth-order valence-corrected chi connectivity index (χ4v) is 2.77. The molecule has 0 aromatic heterocycles. The van der Waals surface area contributed by atoms with Gasteiger partial charge < -0.3 is 0 Å². The van der Waals surface area contributed by atoms with Gasteiger partial charge in [-0.3, -0.25) is 0 Å². The summed E-state index contributed by atoms with van der Waals surface area (Å²) in [5.74, 6) is 1.04. The molecule has 2 atom stereocenters. The smallest absolute Gasteiger partial charge is 0.0269 e. The first-order valence-corrected chi connectivity index (χ1v) is 6.25. The van der Waals surface area contributed by atoms with Crippen LogP contribution in [0, 0.1) is 11.3 Å². The van der Waals surface area contributed by atoms with Crippen LogP contribution in [-0.4, -0.2) is 0 Å². The van der Waals surface area contributed by atoms with Crippen molar-refractivity contribution >= 4 is 0 Å². The van der Waals surface area contributed by atoms with E-state index < -0.39 is 0 Å². The summed E-state index contributed by atoms with van der Waals surface area (Å²) in [5, 5.41) is 0. The quantitative estimate of drug-likeness (QED) is 0.497. The molecule has 1 saturated carbocycles. The molecule has 0 saturated heterocycles. The monoisotopic (exact) mass is 182 g/mol. The lowest BCUT2D eigenvalue weighted by atomic mass is 9.91. The molecule has 0 spiro atoms. The van der Waals surface area contributed by atoms with E-state index in [0.29, 0.717) is 0 Å². The molecule has 0 aromatic carbocycles. The van der Waals surface area contributed by atoms with Gasteiger partial charge in [0.2, 0.25) is 0 Å². The van der Waals surface area contributed by atoms with E-state index in [1.54, 1.807) is 0 Å². The highest BCUT2D eigenvalue weighted by atomic mass is 14.5. The number of rotatable bonds is 7. The molecule has 1 aliphatic carbocycles. The van der Waals surface area contributed by atoms with Crippen LogP contribution in [0.15, 0.2) is 0 Å². The Labute approximate surface area is 84.1 Å². The summed E-state index contributed by atoms with van der Waals surface area (Å²) in [6.07, 6.45) is 11.7. The molecule has 0 N–H and O–H groups in total. The van der Waals surface area contributed by atoms with E-state index >= 15 is 0 Å². The molecule has 78 valence electrons. The standard InChI is InChI=1S/C13H26/c1-4-6-7-8-10-13(9-5-2)11-12(13)3/h12H,4-11H2,1-3H3. The first kappa shape index (κ1) is 11.1. The van der Waals surface area contributed by atoms with Crippen LogP contribution in [0.25, 0.3) is 0 Å². The van der Waals surface area contributed by atoms with Crippen molar-refractivity contribution in [3.05, 3.63) is 0 Å². The average molecular weight is 182 g/mol. The van der Waals surface area contributed by atoms with Gasteiger partial charge in [0.1, 0.15) is 0 Å². The molecule has 1 fully saturated rings. The molecule has 0 aliphatic heterocycles. The van der Waals surface area contributed by atoms with Crippen molar-refractivity contribution in [3.8, 4) is 0 Å². The molecule has 0 heteroatoms. The van der Waals surface area contributed by atoms with Gasteiger partial charge in [-0.15, -0.1) is 0 Å². The van der Waals surface area contributed by atoms with E-state index in [2.05, 4.69) is 20.8 Å². The molecule has 0 radical (unpaired) electrons. The molecular weight excluding hydrogens is 156 g/mol. The van der Waals surface area contributed by atoms with Crippen molar-refractivity contribution < 1.29 is 0 Å². The first-order valence-electron chi connectivity index (χ1n) is 6.25. The van der Waals surface area contributed by atoms with Gasteiger partial charge in [-0.25, -0.2) is 0 Å². The molecule has 13 heavy (non-hydrogen) atoms. The van der Waals surface area contributed by atoms with Crippen molar-refractivity contribution in [2.75, 3.05) is 0 Å². The van der Waals surface area contributed by atoms with E-state index in [1.165, 1.54) is 51.4 Å². The Morgan fingerprint density at radius 3 is 2.15 bits per heavy atom. The Morgan fingerprint density at radius 2 is 1.69 bits per heavy atom. The minimum Gasteiger partial charge on any atom is -0.0654 e. The predicted octanol–water partition coefficient (Wildman–Crippen LogP) is 4.78. The van der Waals surface area contributed by atoms with Gasteiger partial charge in [-0.05, 0) is 30.6 Å². The van der Waals surface area contributed by atoms with Crippen molar-refractivity contribution in [3.63, 3.8) is 0 Å². The average Bonchev–Trinajstić information content (AvgIpc) is 2.72. The Kier molecular flexibility index (Phi) is 4.28. The summed E-state index contributed by atoms with van der Waals surface area (Å²) >= 11 is 0. The lowest BCUT2D eigenvalue weighted by molar-refractivity contribution is 0.371. The summed E-state index contributed by atoms with van der Waals surface area (Å²) < 4.78 is 0. The zero-order valence-electron chi connectivity index (χ0n) is 9.73. The normalized spacial score (nSPS) is 32.1. The molecule has 0 amide bonds. The first-order chi connectivity index (χ1) is 6.25. The fourth-order valence-electron chi connectivity index (χ4n) is 2.77. The van der Waals surface area contributed by atoms with Gasteiger partial charge in [-0.1, -0.05) is 52.9 Å². The second-order valence-electron chi connectivity index (χ2n) is 5.03. The molecule has 0 bridgehead atoms. The second kappa shape index (κ2) is 5.02. The highest BCUT2D eigenvalue weighted by Gasteiger charge is 2.48. The maximum Gasteiger partial charge on any atom is -0.0269 e. The zero-order valence-corrected chi connectivity index (χ0v) is 9.73. The van der Waals surface area contributed by atoms with Crippen LogP contribution in [0.4, 0.5) is 0 Å². The zero-order chi connectivity index (χ0) is 9.73. The Hall–Kier alpha value is 0. The SMILES string of the molecule is CCCCCCC1(CCC)CC1C. The summed E-state index contributed by atoms with van der Waals surface area (Å²) in [4.78, 5) is 0. The Bertz CT molecular complexity index is 139. The number of hydrogen-bond donors (Lipinski definition) is 0. The van der Waals surface area contributed by atoms with Gasteiger partial charge >= 0.3 is 0 Å². The second-order valence-corrected chi connectivity index (χ2v) is 5.03. The van der Waals surface area contributed by atoms with Crippen LogP contribution in [0.1, 0.15) is 72.1 Å². The van der Waals surface area contributed by atoms with Gasteiger partial charge in [0.15, 0.2) is 0 Å². The molecule has 1 rings (SSSR count). The largest absolute Gasteiger partial charge is 0.0654 e. The Balaban J connectivity index is 2.11. The fraction of sp³-hybridized carbons (Fsp3) is 1.00. The minimum absolute atomic E-state index is 0.808. The third-order valence-electron chi connectivity index (χ3n) is 3.87. The summed E-state index contributed by atoms with van der Waals surface area (Å²) in [6.45, 7) is 7.07. The van der Waals surface area contributed by atoms with Crippen molar-refractivity contribution in [2.24, 2.45) is 11.3 Å². The van der Waals surface area contributed by atoms with Crippen LogP contribution >= 0.6 is 0 Å². The molecule has 0 heterocycles. The lowest BCUT2D eigenvalue weighted by Gasteiger charge is -2.14. The van der Waals surface area contributed by atoms with Crippen LogP contribution in [0.5, 0.6) is 0 Å². The Morgan fingerprint density at radius 1 is 1.00 bits per heavy atom. The topological polar surface area (TPSA) is 0 Å². The third kappa shape index (κ3) is 3.00. The highest BCUT2D eigenvalue weighted by Crippen LogP contribution is 2.58. The van der Waals surface area contributed by atoms with Crippen molar-refractivity contribution in [2.45, 2.75) is 72.1 Å². The van der Waals surface area contributed by atoms with Crippen molar-refractivity contribution in [1.29, 1.82) is 0 Å². The minimum atomic E-state index is 0.808. The van der Waals surface area contributed by atoms with E-state index in [9.17, 15) is 0 Å². The highest BCUT2D eigenvalue weighted by molar-refractivity contribution is 4.98. The van der Waals surface area contributed by atoms with E-state index in [0.717, 1.165) is 11.3 Å². The van der Waals surface area contributed by atoms with Gasteiger partial charge in [0.25, 0.3) is 0 Å². The lowest BCUT2D eigenvalue weighted by Crippen LogP contribution is -2.02. The van der Waals surface area contributed by atoms with Crippen LogP contribution in [-0.2, 0) is 0 Å². The molecule has 0 nitrogen and oxygen atoms in total. The van der Waals surface area contributed by atoms with E-state index in [4.69, 9.17) is 0 Å². The molecule has 0 aromatic rings. The molecule has 1 aliphatic rings. The van der Waals surface area contributed by atoms with Crippen molar-refractivity contribution in [1.82, 2.24) is 0 Å². The van der Waals surface area contributed by atoms with Gasteiger partial charge in [0.05, 0.1) is 0 Å². The van der Waals surface area contributed by atoms with Crippen LogP contribution in [0.3, 0.4) is 0 Å². The molecule has 2 unspecified atom stereocenters. The van der Waals surface area contributed by atoms with Gasteiger partial charge in [-0.2, -0.15) is 0 Å².